The number of fused-ring (bicyclic) bond motifs is 6. The molecule has 0 saturated carbocycles. The highest BCUT2D eigenvalue weighted by atomic mass is 16.3. The van der Waals surface area contributed by atoms with E-state index in [9.17, 15) is 0 Å². The van der Waals surface area contributed by atoms with Crippen molar-refractivity contribution in [2.24, 2.45) is 0 Å². The van der Waals surface area contributed by atoms with Gasteiger partial charge in [-0.1, -0.05) is 158 Å². The van der Waals surface area contributed by atoms with Gasteiger partial charge < -0.3 is 13.7 Å². The van der Waals surface area contributed by atoms with Crippen LogP contribution < -0.4 is 4.90 Å². The van der Waals surface area contributed by atoms with E-state index in [2.05, 4.69) is 193 Å². The molecular weight excluding hydrogens is 695 g/mol. The number of furan rings is 2. The molecule has 0 amide bonds. The van der Waals surface area contributed by atoms with Crippen LogP contribution in [0.5, 0.6) is 0 Å². The van der Waals surface area contributed by atoms with Crippen molar-refractivity contribution in [1.29, 1.82) is 0 Å². The summed E-state index contributed by atoms with van der Waals surface area (Å²) < 4.78 is 12.8. The van der Waals surface area contributed by atoms with Crippen molar-refractivity contribution in [1.82, 2.24) is 0 Å². The highest BCUT2D eigenvalue weighted by molar-refractivity contribution is 6.10. The van der Waals surface area contributed by atoms with Crippen molar-refractivity contribution < 1.29 is 8.83 Å². The van der Waals surface area contributed by atoms with E-state index in [4.69, 9.17) is 8.83 Å². The summed E-state index contributed by atoms with van der Waals surface area (Å²) in [6, 6.07) is 75.1. The first kappa shape index (κ1) is 32.8. The monoisotopic (exact) mass is 729 g/mol. The minimum atomic E-state index is 0.900. The maximum atomic E-state index is 6.42. The van der Waals surface area contributed by atoms with E-state index in [0.29, 0.717) is 0 Å². The lowest BCUT2D eigenvalue weighted by Crippen LogP contribution is -2.10. The summed E-state index contributed by atoms with van der Waals surface area (Å²) in [5, 5.41) is 4.51. The third kappa shape index (κ3) is 5.76. The first-order valence-electron chi connectivity index (χ1n) is 19.3. The van der Waals surface area contributed by atoms with E-state index in [1.54, 1.807) is 0 Å². The molecule has 57 heavy (non-hydrogen) atoms. The number of anilines is 3. The van der Waals surface area contributed by atoms with Crippen LogP contribution in [0, 0.1) is 0 Å². The molecule has 0 saturated heterocycles. The van der Waals surface area contributed by atoms with Gasteiger partial charge in [-0.05, 0) is 88.0 Å². The van der Waals surface area contributed by atoms with Crippen molar-refractivity contribution in [3.8, 4) is 44.5 Å². The standard InChI is InChI=1S/C54H35NO2/c1-2-12-36(13-3-1)39-14-8-15-40(34-39)41-16-9-17-44(35-41)55(42-30-26-37(27-31-42)45-20-10-22-49-47-18-4-6-24-51(47)56-53(45)49)43-32-28-38(29-33-43)46-21-11-23-50-48-19-5-7-25-52(48)57-54(46)50/h1-35H. The molecule has 0 atom stereocenters. The molecule has 0 N–H and O–H groups in total. The first-order chi connectivity index (χ1) is 28.2. The van der Waals surface area contributed by atoms with Crippen LogP contribution in [0.25, 0.3) is 88.4 Å². The summed E-state index contributed by atoms with van der Waals surface area (Å²) in [7, 11) is 0. The van der Waals surface area contributed by atoms with Gasteiger partial charge >= 0.3 is 0 Å². The van der Waals surface area contributed by atoms with Crippen LogP contribution in [0.3, 0.4) is 0 Å². The molecule has 11 aromatic rings. The lowest BCUT2D eigenvalue weighted by atomic mass is 9.98. The number of hydrogen-bond acceptors (Lipinski definition) is 3. The first-order valence-corrected chi connectivity index (χ1v) is 19.3. The smallest absolute Gasteiger partial charge is 0.143 e. The van der Waals surface area contributed by atoms with Crippen LogP contribution in [0.15, 0.2) is 221 Å². The number of benzene rings is 9. The second kappa shape index (κ2) is 13.6. The van der Waals surface area contributed by atoms with Gasteiger partial charge in [0, 0.05) is 49.7 Å². The Bertz CT molecular complexity index is 3070. The molecule has 0 bridgehead atoms. The van der Waals surface area contributed by atoms with Crippen LogP contribution in [-0.2, 0) is 0 Å². The second-order valence-electron chi connectivity index (χ2n) is 14.5. The molecule has 2 aromatic heterocycles. The van der Waals surface area contributed by atoms with E-state index in [-0.39, 0.29) is 0 Å². The zero-order valence-electron chi connectivity index (χ0n) is 31.0. The molecule has 0 aliphatic carbocycles. The SMILES string of the molecule is c1ccc(-c2cccc(-c3cccc(N(c4ccc(-c5cccc6c5oc5ccccc56)cc4)c4ccc(-c5cccc6c5oc5ccccc56)cc4)c3)c2)cc1. The molecule has 0 unspecified atom stereocenters. The average molecular weight is 730 g/mol. The highest BCUT2D eigenvalue weighted by Gasteiger charge is 2.18. The second-order valence-corrected chi connectivity index (χ2v) is 14.5. The lowest BCUT2D eigenvalue weighted by molar-refractivity contribution is 0.669. The predicted molar refractivity (Wildman–Crippen MR) is 237 cm³/mol. The van der Waals surface area contributed by atoms with Crippen LogP contribution in [0.2, 0.25) is 0 Å². The molecule has 11 rings (SSSR count). The fourth-order valence-electron chi connectivity index (χ4n) is 8.31. The van der Waals surface area contributed by atoms with Gasteiger partial charge in [0.15, 0.2) is 0 Å². The fourth-order valence-corrected chi connectivity index (χ4v) is 8.31. The van der Waals surface area contributed by atoms with Gasteiger partial charge in [-0.25, -0.2) is 0 Å². The number of rotatable bonds is 7. The Labute approximate surface area is 330 Å². The quantitative estimate of drug-likeness (QED) is 0.164. The molecule has 3 heteroatoms. The molecule has 0 fully saturated rings. The number of nitrogens with zero attached hydrogens (tertiary/aromatic N) is 1. The fraction of sp³-hybridized carbons (Fsp3) is 0. The molecule has 0 aliphatic rings. The largest absolute Gasteiger partial charge is 0.455 e. The van der Waals surface area contributed by atoms with Gasteiger partial charge in [0.25, 0.3) is 0 Å². The van der Waals surface area contributed by atoms with Crippen LogP contribution in [0.1, 0.15) is 0 Å². The molecule has 0 radical (unpaired) electrons. The van der Waals surface area contributed by atoms with E-state index < -0.39 is 0 Å². The minimum absolute atomic E-state index is 0.900. The van der Waals surface area contributed by atoms with Crippen LogP contribution in [-0.4, -0.2) is 0 Å². The average Bonchev–Trinajstić information content (AvgIpc) is 3.87. The maximum Gasteiger partial charge on any atom is 0.143 e. The third-order valence-electron chi connectivity index (χ3n) is 11.1. The Morgan fingerprint density at radius 2 is 0.684 bits per heavy atom. The normalized spacial score (nSPS) is 11.5. The topological polar surface area (TPSA) is 29.5 Å². The van der Waals surface area contributed by atoms with Crippen molar-refractivity contribution in [2.45, 2.75) is 0 Å². The van der Waals surface area contributed by atoms with Crippen LogP contribution in [0.4, 0.5) is 17.1 Å². The van der Waals surface area contributed by atoms with Crippen molar-refractivity contribution in [3.05, 3.63) is 212 Å². The Kier molecular flexibility index (Phi) is 7.82. The summed E-state index contributed by atoms with van der Waals surface area (Å²) in [5.41, 5.74) is 15.9. The minimum Gasteiger partial charge on any atom is -0.455 e. The van der Waals surface area contributed by atoms with E-state index in [0.717, 1.165) is 88.8 Å². The van der Waals surface area contributed by atoms with E-state index >= 15 is 0 Å². The highest BCUT2D eigenvalue weighted by Crippen LogP contribution is 2.42. The van der Waals surface area contributed by atoms with Gasteiger partial charge in [0.1, 0.15) is 22.3 Å². The van der Waals surface area contributed by atoms with Crippen LogP contribution >= 0.6 is 0 Å². The zero-order chi connectivity index (χ0) is 37.7. The van der Waals surface area contributed by atoms with E-state index in [1.165, 1.54) is 16.7 Å². The van der Waals surface area contributed by atoms with Crippen molar-refractivity contribution in [3.63, 3.8) is 0 Å². The summed E-state index contributed by atoms with van der Waals surface area (Å²) in [4.78, 5) is 2.33. The Morgan fingerprint density at radius 1 is 0.263 bits per heavy atom. The van der Waals surface area contributed by atoms with Gasteiger partial charge in [-0.2, -0.15) is 0 Å². The predicted octanol–water partition coefficient (Wildman–Crippen LogP) is 15.6. The summed E-state index contributed by atoms with van der Waals surface area (Å²) >= 11 is 0. The van der Waals surface area contributed by atoms with Gasteiger partial charge in [-0.3, -0.25) is 0 Å². The molecule has 2 heterocycles. The number of para-hydroxylation sites is 4. The maximum absolute atomic E-state index is 6.42. The summed E-state index contributed by atoms with van der Waals surface area (Å²) in [6.45, 7) is 0. The zero-order valence-corrected chi connectivity index (χ0v) is 31.0. The molecule has 3 nitrogen and oxygen atoms in total. The Morgan fingerprint density at radius 3 is 1.25 bits per heavy atom. The Hall–Kier alpha value is -7.62. The lowest BCUT2D eigenvalue weighted by Gasteiger charge is -2.26. The van der Waals surface area contributed by atoms with Gasteiger partial charge in [0.05, 0.1) is 0 Å². The van der Waals surface area contributed by atoms with E-state index in [1.807, 2.05) is 24.3 Å². The molecule has 268 valence electrons. The number of hydrogen-bond donors (Lipinski definition) is 0. The molecular formula is C54H35NO2. The Balaban J connectivity index is 1.01. The molecule has 0 aliphatic heterocycles. The molecule has 0 spiro atoms. The summed E-state index contributed by atoms with van der Waals surface area (Å²) in [6.07, 6.45) is 0. The van der Waals surface area contributed by atoms with Crippen molar-refractivity contribution in [2.75, 3.05) is 4.90 Å². The summed E-state index contributed by atoms with van der Waals surface area (Å²) in [5.74, 6) is 0. The molecule has 9 aromatic carbocycles. The third-order valence-corrected chi connectivity index (χ3v) is 11.1. The van der Waals surface area contributed by atoms with Gasteiger partial charge in [-0.15, -0.1) is 0 Å². The van der Waals surface area contributed by atoms with Crippen molar-refractivity contribution >= 4 is 60.9 Å². The van der Waals surface area contributed by atoms with Gasteiger partial charge in [0.2, 0.25) is 0 Å².